The van der Waals surface area contributed by atoms with Gasteiger partial charge in [-0.1, -0.05) is 0 Å². The number of nitrogens with zero attached hydrogens (tertiary/aromatic N) is 2. The van der Waals surface area contributed by atoms with Crippen LogP contribution in [0.1, 0.15) is 29.3 Å². The molecule has 1 saturated heterocycles. The molecule has 17 heavy (non-hydrogen) atoms. The number of carbonyl (C=O) groups excluding carboxylic acids is 2. The second-order valence-corrected chi connectivity index (χ2v) is 4.24. The van der Waals surface area contributed by atoms with Crippen molar-refractivity contribution in [3.8, 4) is 0 Å². The molecule has 1 fully saturated rings. The lowest BCUT2D eigenvalue weighted by atomic mass is 9.96. The van der Waals surface area contributed by atoms with Gasteiger partial charge in [-0.3, -0.25) is 9.59 Å². The van der Waals surface area contributed by atoms with Crippen molar-refractivity contribution in [3.63, 3.8) is 0 Å². The van der Waals surface area contributed by atoms with Crippen LogP contribution in [0.15, 0.2) is 10.6 Å². The molecular weight excluding hydrogens is 222 g/mol. The number of rotatable bonds is 2. The fraction of sp³-hybridized carbons (Fsp3) is 0.545. The van der Waals surface area contributed by atoms with Gasteiger partial charge >= 0.3 is 5.91 Å². The Labute approximate surface area is 98.8 Å². The van der Waals surface area contributed by atoms with E-state index in [1.165, 1.54) is 6.20 Å². The summed E-state index contributed by atoms with van der Waals surface area (Å²) >= 11 is 0. The van der Waals surface area contributed by atoms with Crippen molar-refractivity contribution in [3.05, 3.63) is 17.8 Å². The van der Waals surface area contributed by atoms with E-state index in [1.54, 1.807) is 11.8 Å². The van der Waals surface area contributed by atoms with Gasteiger partial charge in [-0.05, 0) is 19.8 Å². The maximum absolute atomic E-state index is 11.9. The number of primary amides is 1. The molecule has 0 unspecified atom stereocenters. The molecule has 2 heterocycles. The highest BCUT2D eigenvalue weighted by Gasteiger charge is 2.28. The van der Waals surface area contributed by atoms with E-state index in [0.717, 1.165) is 0 Å². The highest BCUT2D eigenvalue weighted by Crippen LogP contribution is 2.18. The number of aromatic nitrogens is 1. The number of nitrogens with two attached hydrogens (primary N) is 1. The lowest BCUT2D eigenvalue weighted by Crippen LogP contribution is -2.41. The van der Waals surface area contributed by atoms with Gasteiger partial charge in [0.1, 0.15) is 5.76 Å². The summed E-state index contributed by atoms with van der Waals surface area (Å²) in [7, 11) is 0. The molecule has 6 nitrogen and oxygen atoms in total. The van der Waals surface area contributed by atoms with Gasteiger partial charge in [-0.15, -0.1) is 0 Å². The highest BCUT2D eigenvalue weighted by atomic mass is 16.4. The quantitative estimate of drug-likeness (QED) is 0.802. The van der Waals surface area contributed by atoms with Crippen LogP contribution in [0.25, 0.3) is 0 Å². The van der Waals surface area contributed by atoms with E-state index in [2.05, 4.69) is 4.98 Å². The predicted molar refractivity (Wildman–Crippen MR) is 59.1 cm³/mol. The Morgan fingerprint density at radius 3 is 2.59 bits per heavy atom. The molecule has 0 radical (unpaired) electrons. The number of hydrogen-bond donors (Lipinski definition) is 1. The van der Waals surface area contributed by atoms with Crippen molar-refractivity contribution >= 4 is 11.8 Å². The third kappa shape index (κ3) is 2.46. The first-order chi connectivity index (χ1) is 8.08. The van der Waals surface area contributed by atoms with Gasteiger partial charge in [-0.2, -0.15) is 0 Å². The van der Waals surface area contributed by atoms with Crippen LogP contribution in [-0.4, -0.2) is 34.8 Å². The average Bonchev–Trinajstić information content (AvgIpc) is 2.75. The van der Waals surface area contributed by atoms with Crippen molar-refractivity contribution in [2.24, 2.45) is 11.7 Å². The van der Waals surface area contributed by atoms with E-state index in [4.69, 9.17) is 10.2 Å². The lowest BCUT2D eigenvalue weighted by molar-refractivity contribution is -0.123. The molecule has 92 valence electrons. The van der Waals surface area contributed by atoms with Crippen LogP contribution in [0.4, 0.5) is 0 Å². The summed E-state index contributed by atoms with van der Waals surface area (Å²) in [4.78, 5) is 28.5. The van der Waals surface area contributed by atoms with Crippen molar-refractivity contribution in [2.75, 3.05) is 13.1 Å². The monoisotopic (exact) mass is 237 g/mol. The number of aryl methyl sites for hydroxylation is 1. The molecule has 2 rings (SSSR count). The third-order valence-corrected chi connectivity index (χ3v) is 2.99. The summed E-state index contributed by atoms with van der Waals surface area (Å²) in [6, 6.07) is 0. The average molecular weight is 237 g/mol. The van der Waals surface area contributed by atoms with E-state index >= 15 is 0 Å². The minimum absolute atomic E-state index is 0.111. The van der Waals surface area contributed by atoms with E-state index in [-0.39, 0.29) is 23.6 Å². The van der Waals surface area contributed by atoms with Gasteiger partial charge in [0.05, 0.1) is 6.20 Å². The molecule has 6 heteroatoms. The standard InChI is InChI=1S/C11H15N3O3/c1-7-6-13-10(17-7)11(16)14-4-2-8(3-5-14)9(12)15/h6,8H,2-5H2,1H3,(H2,12,15). The van der Waals surface area contributed by atoms with E-state index < -0.39 is 0 Å². The van der Waals surface area contributed by atoms with E-state index in [0.29, 0.717) is 31.7 Å². The van der Waals surface area contributed by atoms with Gasteiger partial charge in [0.15, 0.2) is 0 Å². The molecule has 2 amide bonds. The molecule has 0 aliphatic carbocycles. The SMILES string of the molecule is Cc1cnc(C(=O)N2CCC(C(N)=O)CC2)o1. The zero-order chi connectivity index (χ0) is 12.4. The van der Waals surface area contributed by atoms with Crippen molar-refractivity contribution < 1.29 is 14.0 Å². The minimum Gasteiger partial charge on any atom is -0.438 e. The van der Waals surface area contributed by atoms with Crippen LogP contribution < -0.4 is 5.73 Å². The van der Waals surface area contributed by atoms with Gasteiger partial charge in [0.2, 0.25) is 5.91 Å². The second kappa shape index (κ2) is 4.57. The van der Waals surface area contributed by atoms with Crippen LogP contribution in [-0.2, 0) is 4.79 Å². The molecule has 2 N–H and O–H groups in total. The highest BCUT2D eigenvalue weighted by molar-refractivity contribution is 5.89. The van der Waals surface area contributed by atoms with Crippen LogP contribution in [0.2, 0.25) is 0 Å². The van der Waals surface area contributed by atoms with Crippen LogP contribution in [0.3, 0.4) is 0 Å². The Morgan fingerprint density at radius 1 is 1.47 bits per heavy atom. The Morgan fingerprint density at radius 2 is 2.12 bits per heavy atom. The van der Waals surface area contributed by atoms with Gasteiger partial charge in [0.25, 0.3) is 5.89 Å². The van der Waals surface area contributed by atoms with Crippen LogP contribution in [0, 0.1) is 12.8 Å². The number of likely N-dealkylation sites (tertiary alicyclic amines) is 1. The molecule has 0 spiro atoms. The Hall–Kier alpha value is -1.85. The van der Waals surface area contributed by atoms with Crippen molar-refractivity contribution in [1.82, 2.24) is 9.88 Å². The number of hydrogen-bond acceptors (Lipinski definition) is 4. The molecular formula is C11H15N3O3. The Balaban J connectivity index is 1.97. The summed E-state index contributed by atoms with van der Waals surface area (Å²) in [6.45, 7) is 2.78. The van der Waals surface area contributed by atoms with Crippen LogP contribution >= 0.6 is 0 Å². The number of oxazole rings is 1. The third-order valence-electron chi connectivity index (χ3n) is 2.99. The number of amides is 2. The smallest absolute Gasteiger partial charge is 0.309 e. The summed E-state index contributed by atoms with van der Waals surface area (Å²) in [5.74, 6) is 0.0934. The van der Waals surface area contributed by atoms with Gasteiger partial charge in [0, 0.05) is 19.0 Å². The predicted octanol–water partition coefficient (Wildman–Crippen LogP) is 0.321. The van der Waals surface area contributed by atoms with Crippen molar-refractivity contribution in [1.29, 1.82) is 0 Å². The zero-order valence-electron chi connectivity index (χ0n) is 9.68. The lowest BCUT2D eigenvalue weighted by Gasteiger charge is -2.29. The molecule has 1 aliphatic rings. The van der Waals surface area contributed by atoms with Gasteiger partial charge in [-0.25, -0.2) is 4.98 Å². The maximum atomic E-state index is 11.9. The largest absolute Gasteiger partial charge is 0.438 e. The zero-order valence-corrected chi connectivity index (χ0v) is 9.68. The summed E-state index contributed by atoms with van der Waals surface area (Å²) in [6.07, 6.45) is 2.74. The molecule has 1 aromatic rings. The summed E-state index contributed by atoms with van der Waals surface area (Å²) in [5, 5.41) is 0. The maximum Gasteiger partial charge on any atom is 0.309 e. The van der Waals surface area contributed by atoms with Gasteiger partial charge < -0.3 is 15.1 Å². The summed E-state index contributed by atoms with van der Waals surface area (Å²) in [5.41, 5.74) is 5.23. The van der Waals surface area contributed by atoms with Crippen LogP contribution in [0.5, 0.6) is 0 Å². The Bertz CT molecular complexity index is 433. The Kier molecular flexibility index (Phi) is 3.12. The minimum atomic E-state index is -0.288. The molecule has 0 atom stereocenters. The molecule has 0 bridgehead atoms. The molecule has 1 aliphatic heterocycles. The molecule has 0 saturated carbocycles. The fourth-order valence-electron chi connectivity index (χ4n) is 1.96. The van der Waals surface area contributed by atoms with E-state index in [9.17, 15) is 9.59 Å². The number of carbonyl (C=O) groups is 2. The first-order valence-corrected chi connectivity index (χ1v) is 5.59. The topological polar surface area (TPSA) is 89.4 Å². The normalized spacial score (nSPS) is 17.1. The molecule has 1 aromatic heterocycles. The first-order valence-electron chi connectivity index (χ1n) is 5.59. The first kappa shape index (κ1) is 11.6. The number of piperidine rings is 1. The molecule has 0 aromatic carbocycles. The van der Waals surface area contributed by atoms with E-state index in [1.807, 2.05) is 0 Å². The second-order valence-electron chi connectivity index (χ2n) is 4.24. The fourth-order valence-corrected chi connectivity index (χ4v) is 1.96. The summed E-state index contributed by atoms with van der Waals surface area (Å²) < 4.78 is 5.18. The van der Waals surface area contributed by atoms with Crippen molar-refractivity contribution in [2.45, 2.75) is 19.8 Å².